The van der Waals surface area contributed by atoms with Gasteiger partial charge in [0.1, 0.15) is 5.82 Å². The Balaban J connectivity index is 2.20. The highest BCUT2D eigenvalue weighted by molar-refractivity contribution is 5.29. The molecule has 1 aromatic rings. The zero-order valence-corrected chi connectivity index (χ0v) is 10.7. The Hall–Kier alpha value is -1.10. The lowest BCUT2D eigenvalue weighted by molar-refractivity contribution is -0.140. The highest BCUT2D eigenvalue weighted by Gasteiger charge is 2.34. The van der Waals surface area contributed by atoms with E-state index in [0.29, 0.717) is 11.6 Å². The molecule has 0 aliphatic heterocycles. The van der Waals surface area contributed by atoms with Gasteiger partial charge in [-0.3, -0.25) is 0 Å². The molecule has 1 aromatic carbocycles. The van der Waals surface area contributed by atoms with Gasteiger partial charge in [-0.2, -0.15) is 13.2 Å². The van der Waals surface area contributed by atoms with Gasteiger partial charge in [0, 0.05) is 6.04 Å². The number of rotatable bonds is 2. The Bertz CT molecular complexity index is 442. The zero-order valence-electron chi connectivity index (χ0n) is 10.7. The zero-order chi connectivity index (χ0) is 14.0. The molecule has 0 aromatic heterocycles. The van der Waals surface area contributed by atoms with Crippen molar-refractivity contribution in [2.24, 2.45) is 0 Å². The minimum absolute atomic E-state index is 0.142. The Morgan fingerprint density at radius 1 is 1.21 bits per heavy atom. The lowest BCUT2D eigenvalue weighted by Gasteiger charge is -2.29. The van der Waals surface area contributed by atoms with Gasteiger partial charge in [0.05, 0.1) is 5.56 Å². The van der Waals surface area contributed by atoms with Crippen molar-refractivity contribution in [1.29, 1.82) is 0 Å². The second-order valence-electron chi connectivity index (χ2n) is 5.09. The summed E-state index contributed by atoms with van der Waals surface area (Å²) in [4.78, 5) is 0. The summed E-state index contributed by atoms with van der Waals surface area (Å²) in [5, 5.41) is 3.18. The van der Waals surface area contributed by atoms with E-state index < -0.39 is 17.6 Å². The summed E-state index contributed by atoms with van der Waals surface area (Å²) in [6, 6.07) is 3.68. The number of nitrogens with one attached hydrogen (secondary N) is 1. The largest absolute Gasteiger partial charge is 0.419 e. The number of halogens is 4. The fourth-order valence-corrected chi connectivity index (χ4v) is 2.77. The monoisotopic (exact) mass is 275 g/mol. The van der Waals surface area contributed by atoms with Crippen LogP contribution in [0.1, 0.15) is 42.7 Å². The van der Waals surface area contributed by atoms with E-state index in [1.165, 1.54) is 6.07 Å². The van der Waals surface area contributed by atoms with Gasteiger partial charge in [0.15, 0.2) is 0 Å². The minimum Gasteiger partial charge on any atom is -0.317 e. The van der Waals surface area contributed by atoms with E-state index in [4.69, 9.17) is 0 Å². The molecule has 19 heavy (non-hydrogen) atoms. The third-order valence-corrected chi connectivity index (χ3v) is 3.85. The maximum Gasteiger partial charge on any atom is 0.419 e. The summed E-state index contributed by atoms with van der Waals surface area (Å²) < 4.78 is 51.0. The lowest BCUT2D eigenvalue weighted by atomic mass is 9.81. The molecular formula is C14H17F4N. The number of hydrogen-bond acceptors (Lipinski definition) is 1. The Morgan fingerprint density at radius 2 is 1.95 bits per heavy atom. The van der Waals surface area contributed by atoms with Gasteiger partial charge in [0.25, 0.3) is 0 Å². The van der Waals surface area contributed by atoms with E-state index in [1.54, 1.807) is 0 Å². The Labute approximate surface area is 110 Å². The first-order valence-electron chi connectivity index (χ1n) is 6.45. The molecular weight excluding hydrogens is 258 g/mol. The third-order valence-electron chi connectivity index (χ3n) is 3.85. The van der Waals surface area contributed by atoms with Gasteiger partial charge in [-0.15, -0.1) is 0 Å². The SMILES string of the molecule is CNC1CCCC(c2ccc(C(F)(F)F)c(F)c2)C1. The molecule has 106 valence electrons. The van der Waals surface area contributed by atoms with Crippen LogP contribution in [0.5, 0.6) is 0 Å². The highest BCUT2D eigenvalue weighted by Crippen LogP contribution is 2.36. The summed E-state index contributed by atoms with van der Waals surface area (Å²) in [7, 11) is 1.88. The standard InChI is InChI=1S/C14H17F4N/c1-19-11-4-2-3-9(7-11)10-5-6-12(13(15)8-10)14(16,17)18/h5-6,8-9,11,19H,2-4,7H2,1H3. The molecule has 0 heterocycles. The van der Waals surface area contributed by atoms with Crippen LogP contribution in [0.25, 0.3) is 0 Å². The van der Waals surface area contributed by atoms with Gasteiger partial charge < -0.3 is 5.32 Å². The van der Waals surface area contributed by atoms with E-state index in [9.17, 15) is 17.6 Å². The van der Waals surface area contributed by atoms with Crippen LogP contribution in [-0.2, 0) is 6.18 Å². The Kier molecular flexibility index (Phi) is 4.13. The van der Waals surface area contributed by atoms with Crippen molar-refractivity contribution in [3.05, 3.63) is 35.1 Å². The molecule has 0 amide bonds. The van der Waals surface area contributed by atoms with Crippen molar-refractivity contribution in [3.8, 4) is 0 Å². The maximum atomic E-state index is 13.5. The number of alkyl halides is 3. The van der Waals surface area contributed by atoms with Crippen LogP contribution in [0, 0.1) is 5.82 Å². The molecule has 0 spiro atoms. The smallest absolute Gasteiger partial charge is 0.317 e. The first-order chi connectivity index (χ1) is 8.91. The van der Waals surface area contributed by atoms with Gasteiger partial charge in [-0.05, 0) is 49.9 Å². The number of benzene rings is 1. The molecule has 0 saturated heterocycles. The summed E-state index contributed by atoms with van der Waals surface area (Å²) in [6.07, 6.45) is -0.790. The highest BCUT2D eigenvalue weighted by atomic mass is 19.4. The molecule has 1 aliphatic carbocycles. The molecule has 1 N–H and O–H groups in total. The van der Waals surface area contributed by atoms with Crippen LogP contribution in [-0.4, -0.2) is 13.1 Å². The van der Waals surface area contributed by atoms with Crippen LogP contribution in [0.4, 0.5) is 17.6 Å². The van der Waals surface area contributed by atoms with Crippen molar-refractivity contribution in [2.45, 2.75) is 43.8 Å². The fraction of sp³-hybridized carbons (Fsp3) is 0.571. The normalized spacial score (nSPS) is 24.5. The molecule has 0 bridgehead atoms. The summed E-state index contributed by atoms with van der Waals surface area (Å²) >= 11 is 0. The quantitative estimate of drug-likeness (QED) is 0.802. The van der Waals surface area contributed by atoms with E-state index >= 15 is 0 Å². The molecule has 1 saturated carbocycles. The molecule has 1 aliphatic rings. The minimum atomic E-state index is -4.62. The summed E-state index contributed by atoms with van der Waals surface area (Å²) in [5.41, 5.74) is -0.511. The topological polar surface area (TPSA) is 12.0 Å². The molecule has 1 fully saturated rings. The maximum absolute atomic E-state index is 13.5. The lowest BCUT2D eigenvalue weighted by Crippen LogP contribution is -2.30. The van der Waals surface area contributed by atoms with Gasteiger partial charge in [-0.25, -0.2) is 4.39 Å². The molecule has 2 unspecified atom stereocenters. The average Bonchev–Trinajstić information content (AvgIpc) is 2.37. The average molecular weight is 275 g/mol. The van der Waals surface area contributed by atoms with Crippen LogP contribution < -0.4 is 5.32 Å². The van der Waals surface area contributed by atoms with Crippen molar-refractivity contribution < 1.29 is 17.6 Å². The predicted octanol–water partition coefficient (Wildman–Crippen LogP) is 4.09. The van der Waals surface area contributed by atoms with Crippen LogP contribution in [0.15, 0.2) is 18.2 Å². The fourth-order valence-electron chi connectivity index (χ4n) is 2.77. The van der Waals surface area contributed by atoms with Crippen molar-refractivity contribution in [3.63, 3.8) is 0 Å². The molecule has 5 heteroatoms. The molecule has 2 rings (SSSR count). The van der Waals surface area contributed by atoms with Gasteiger partial charge in [0.2, 0.25) is 0 Å². The van der Waals surface area contributed by atoms with Crippen molar-refractivity contribution in [1.82, 2.24) is 5.32 Å². The van der Waals surface area contributed by atoms with E-state index in [0.717, 1.165) is 37.8 Å². The predicted molar refractivity (Wildman–Crippen MR) is 65.5 cm³/mol. The molecule has 1 nitrogen and oxygen atoms in total. The second-order valence-corrected chi connectivity index (χ2v) is 5.09. The summed E-state index contributed by atoms with van der Waals surface area (Å²) in [6.45, 7) is 0. The molecule has 0 radical (unpaired) electrons. The molecule has 2 atom stereocenters. The Morgan fingerprint density at radius 3 is 2.53 bits per heavy atom. The first kappa shape index (κ1) is 14.3. The van der Waals surface area contributed by atoms with Crippen LogP contribution in [0.3, 0.4) is 0 Å². The van der Waals surface area contributed by atoms with Crippen LogP contribution in [0.2, 0.25) is 0 Å². The van der Waals surface area contributed by atoms with E-state index in [-0.39, 0.29) is 5.92 Å². The van der Waals surface area contributed by atoms with E-state index in [2.05, 4.69) is 5.32 Å². The van der Waals surface area contributed by atoms with Gasteiger partial charge >= 0.3 is 6.18 Å². The van der Waals surface area contributed by atoms with E-state index in [1.807, 2.05) is 7.05 Å². The van der Waals surface area contributed by atoms with Crippen molar-refractivity contribution in [2.75, 3.05) is 7.05 Å². The second kappa shape index (κ2) is 5.49. The first-order valence-corrected chi connectivity index (χ1v) is 6.45. The number of hydrogen-bond donors (Lipinski definition) is 1. The van der Waals surface area contributed by atoms with Crippen molar-refractivity contribution >= 4 is 0 Å². The summed E-state index contributed by atoms with van der Waals surface area (Å²) in [5.74, 6) is -1.03. The van der Waals surface area contributed by atoms with Gasteiger partial charge in [-0.1, -0.05) is 12.5 Å². The third kappa shape index (κ3) is 3.26. The van der Waals surface area contributed by atoms with Crippen LogP contribution >= 0.6 is 0 Å².